The third-order valence-electron chi connectivity index (χ3n) is 3.65. The number of nitrogens with zero attached hydrogens (tertiary/aromatic N) is 1. The molecule has 0 aliphatic heterocycles. The maximum Gasteiger partial charge on any atom is 0.341 e. The van der Waals surface area contributed by atoms with E-state index in [-0.39, 0.29) is 18.0 Å². The molecule has 0 heterocycles. The molecule has 1 atom stereocenters. The van der Waals surface area contributed by atoms with E-state index in [0.29, 0.717) is 0 Å². The maximum atomic E-state index is 14.1. The number of halogens is 1. The Hall–Kier alpha value is -2.00. The molecule has 1 aromatic rings. The Bertz CT molecular complexity index is 798. The zero-order valence-electron chi connectivity index (χ0n) is 16.5. The molecule has 1 aromatic carbocycles. The Balaban J connectivity index is 3.10. The molecule has 0 aromatic heterocycles. The number of benzene rings is 1. The standard InChI is InChI=1S/C18H27FN2O5S/c1-7-21(8-2)27(24,25)13-9-10-15(19)14(11-13)17(23)26-12(3)16(22)20-18(4,5)6/h9-12H,7-8H2,1-6H3,(H,20,22)/t12-/m1/s1. The minimum atomic E-state index is -3.86. The van der Waals surface area contributed by atoms with Crippen LogP contribution < -0.4 is 5.32 Å². The molecule has 1 amide bonds. The molecular formula is C18H27FN2O5S. The largest absolute Gasteiger partial charge is 0.449 e. The van der Waals surface area contributed by atoms with Crippen molar-refractivity contribution >= 4 is 21.9 Å². The van der Waals surface area contributed by atoms with Crippen molar-refractivity contribution in [3.8, 4) is 0 Å². The van der Waals surface area contributed by atoms with E-state index in [1.165, 1.54) is 11.2 Å². The fourth-order valence-electron chi connectivity index (χ4n) is 2.28. The molecule has 0 saturated heterocycles. The third-order valence-corrected chi connectivity index (χ3v) is 5.70. The van der Waals surface area contributed by atoms with Crippen molar-refractivity contribution in [2.75, 3.05) is 13.1 Å². The van der Waals surface area contributed by atoms with E-state index in [1.54, 1.807) is 34.6 Å². The molecule has 9 heteroatoms. The van der Waals surface area contributed by atoms with Gasteiger partial charge in [0, 0.05) is 18.6 Å². The van der Waals surface area contributed by atoms with Gasteiger partial charge < -0.3 is 10.1 Å². The summed E-state index contributed by atoms with van der Waals surface area (Å²) in [6.45, 7) is 10.5. The Labute approximate surface area is 159 Å². The fraction of sp³-hybridized carbons (Fsp3) is 0.556. The van der Waals surface area contributed by atoms with Gasteiger partial charge in [-0.3, -0.25) is 4.79 Å². The van der Waals surface area contributed by atoms with Crippen molar-refractivity contribution in [3.05, 3.63) is 29.6 Å². The van der Waals surface area contributed by atoms with Crippen LogP contribution in [0.25, 0.3) is 0 Å². The lowest BCUT2D eigenvalue weighted by Gasteiger charge is -2.23. The zero-order chi connectivity index (χ0) is 21.0. The van der Waals surface area contributed by atoms with Crippen molar-refractivity contribution in [2.45, 2.75) is 58.1 Å². The molecule has 0 fully saturated rings. The molecule has 0 aliphatic carbocycles. The molecule has 0 radical (unpaired) electrons. The molecule has 152 valence electrons. The van der Waals surface area contributed by atoms with E-state index in [4.69, 9.17) is 4.74 Å². The number of carbonyl (C=O) groups excluding carboxylic acids is 2. The van der Waals surface area contributed by atoms with E-state index in [0.717, 1.165) is 18.2 Å². The summed E-state index contributed by atoms with van der Waals surface area (Å²) in [5.41, 5.74) is -1.07. The highest BCUT2D eigenvalue weighted by Gasteiger charge is 2.27. The molecule has 0 aliphatic rings. The number of ether oxygens (including phenoxy) is 1. The van der Waals surface area contributed by atoms with Crippen LogP contribution in [0, 0.1) is 5.82 Å². The van der Waals surface area contributed by atoms with Crippen molar-refractivity contribution in [2.24, 2.45) is 0 Å². The van der Waals surface area contributed by atoms with Crippen molar-refractivity contribution < 1.29 is 27.1 Å². The third kappa shape index (κ3) is 6.00. The molecule has 0 spiro atoms. The van der Waals surface area contributed by atoms with Gasteiger partial charge in [-0.2, -0.15) is 4.31 Å². The van der Waals surface area contributed by atoms with Gasteiger partial charge in [0.2, 0.25) is 10.0 Å². The van der Waals surface area contributed by atoms with Crippen LogP contribution in [0.4, 0.5) is 4.39 Å². The van der Waals surface area contributed by atoms with Crippen molar-refractivity contribution in [3.63, 3.8) is 0 Å². The molecule has 1 N–H and O–H groups in total. The van der Waals surface area contributed by atoms with Crippen LogP contribution in [0.15, 0.2) is 23.1 Å². The minimum absolute atomic E-state index is 0.216. The Kier molecular flexibility index (Phi) is 7.50. The number of esters is 1. The summed E-state index contributed by atoms with van der Waals surface area (Å²) < 4.78 is 45.4. The van der Waals surface area contributed by atoms with Crippen molar-refractivity contribution in [1.82, 2.24) is 9.62 Å². The number of rotatable bonds is 7. The first kappa shape index (κ1) is 23.0. The Morgan fingerprint density at radius 1 is 1.22 bits per heavy atom. The van der Waals surface area contributed by atoms with Crippen LogP contribution in [0.1, 0.15) is 51.9 Å². The lowest BCUT2D eigenvalue weighted by atomic mass is 10.1. The Morgan fingerprint density at radius 3 is 2.26 bits per heavy atom. The Morgan fingerprint density at radius 2 is 1.78 bits per heavy atom. The molecule has 0 bridgehead atoms. The zero-order valence-corrected chi connectivity index (χ0v) is 17.3. The average molecular weight is 402 g/mol. The van der Waals surface area contributed by atoms with Crippen LogP contribution >= 0.6 is 0 Å². The van der Waals surface area contributed by atoms with Gasteiger partial charge in [0.1, 0.15) is 5.82 Å². The predicted molar refractivity (Wildman–Crippen MR) is 99.3 cm³/mol. The van der Waals surface area contributed by atoms with Gasteiger partial charge in [-0.1, -0.05) is 13.8 Å². The smallest absolute Gasteiger partial charge is 0.341 e. The second kappa shape index (κ2) is 8.79. The van der Waals surface area contributed by atoms with Crippen LogP contribution in [-0.4, -0.2) is 49.3 Å². The number of sulfonamides is 1. The first-order chi connectivity index (χ1) is 12.3. The highest BCUT2D eigenvalue weighted by atomic mass is 32.2. The second-order valence-corrected chi connectivity index (χ2v) is 8.96. The highest BCUT2D eigenvalue weighted by Crippen LogP contribution is 2.20. The van der Waals surface area contributed by atoms with E-state index in [1.807, 2.05) is 0 Å². The summed E-state index contributed by atoms with van der Waals surface area (Å²) in [6, 6.07) is 2.92. The maximum absolute atomic E-state index is 14.1. The highest BCUT2D eigenvalue weighted by molar-refractivity contribution is 7.89. The first-order valence-electron chi connectivity index (χ1n) is 8.66. The summed E-state index contributed by atoms with van der Waals surface area (Å²) in [6.07, 6.45) is -1.17. The van der Waals surface area contributed by atoms with Gasteiger partial charge in [0.15, 0.2) is 6.10 Å². The summed E-state index contributed by atoms with van der Waals surface area (Å²) >= 11 is 0. The number of amides is 1. The molecule has 1 rings (SSSR count). The summed E-state index contributed by atoms with van der Waals surface area (Å²) in [7, 11) is -3.86. The topological polar surface area (TPSA) is 92.8 Å². The van der Waals surface area contributed by atoms with E-state index < -0.39 is 44.9 Å². The number of carbonyl (C=O) groups is 2. The summed E-state index contributed by atoms with van der Waals surface area (Å²) in [5, 5.41) is 2.64. The van der Waals surface area contributed by atoms with Gasteiger partial charge in [0.05, 0.1) is 10.5 Å². The summed E-state index contributed by atoms with van der Waals surface area (Å²) in [4.78, 5) is 24.1. The molecular weight excluding hydrogens is 375 g/mol. The molecule has 7 nitrogen and oxygen atoms in total. The quantitative estimate of drug-likeness (QED) is 0.707. The van der Waals surface area contributed by atoms with Gasteiger partial charge in [-0.05, 0) is 45.9 Å². The fourth-order valence-corrected chi connectivity index (χ4v) is 3.77. The summed E-state index contributed by atoms with van der Waals surface area (Å²) in [5.74, 6) is -2.58. The normalized spacial score (nSPS) is 13.3. The first-order valence-corrected chi connectivity index (χ1v) is 10.1. The van der Waals surface area contributed by atoms with Crippen LogP contribution in [0.2, 0.25) is 0 Å². The SMILES string of the molecule is CCN(CC)S(=O)(=O)c1ccc(F)c(C(=O)O[C@H](C)C(=O)NC(C)(C)C)c1. The van der Waals surface area contributed by atoms with Gasteiger partial charge in [-0.15, -0.1) is 0 Å². The number of nitrogens with one attached hydrogen (secondary N) is 1. The minimum Gasteiger partial charge on any atom is -0.449 e. The lowest BCUT2D eigenvalue weighted by Crippen LogP contribution is -2.46. The molecule has 0 saturated carbocycles. The van der Waals surface area contributed by atoms with Gasteiger partial charge in [0.25, 0.3) is 5.91 Å². The van der Waals surface area contributed by atoms with Crippen LogP contribution in [0.3, 0.4) is 0 Å². The van der Waals surface area contributed by atoms with Crippen LogP contribution in [0.5, 0.6) is 0 Å². The number of hydrogen-bond acceptors (Lipinski definition) is 5. The van der Waals surface area contributed by atoms with Gasteiger partial charge in [-0.25, -0.2) is 17.6 Å². The van der Waals surface area contributed by atoms with Crippen LogP contribution in [-0.2, 0) is 19.6 Å². The molecule has 0 unspecified atom stereocenters. The van der Waals surface area contributed by atoms with Crippen molar-refractivity contribution in [1.29, 1.82) is 0 Å². The van der Waals surface area contributed by atoms with E-state index >= 15 is 0 Å². The number of hydrogen-bond donors (Lipinski definition) is 1. The average Bonchev–Trinajstić information content (AvgIpc) is 2.54. The van der Waals surface area contributed by atoms with E-state index in [9.17, 15) is 22.4 Å². The monoisotopic (exact) mass is 402 g/mol. The second-order valence-electron chi connectivity index (χ2n) is 7.02. The predicted octanol–water partition coefficient (Wildman–Crippen LogP) is 2.32. The lowest BCUT2D eigenvalue weighted by molar-refractivity contribution is -0.130. The molecule has 27 heavy (non-hydrogen) atoms. The van der Waals surface area contributed by atoms with E-state index in [2.05, 4.69) is 5.32 Å². The van der Waals surface area contributed by atoms with Gasteiger partial charge >= 0.3 is 5.97 Å².